The van der Waals surface area contributed by atoms with Gasteiger partial charge in [-0.3, -0.25) is 4.79 Å². The highest BCUT2D eigenvalue weighted by Gasteiger charge is 2.18. The molecule has 128 valence electrons. The molecule has 1 atom stereocenters. The number of benzene rings is 2. The van der Waals surface area contributed by atoms with Crippen LogP contribution in [0.2, 0.25) is 0 Å². The standard InChI is InChI=1S/C18H22N2O3S/c1-4-17(14-8-5-12(2)6-9-14)20-18(21)16-11-15(24(19,22)23)10-7-13(16)3/h5-11,17H,4H2,1-3H3,(H,20,21)(H2,19,22,23)/t17-/m0/s1. The Kier molecular flexibility index (Phi) is 5.41. The lowest BCUT2D eigenvalue weighted by Gasteiger charge is -2.18. The summed E-state index contributed by atoms with van der Waals surface area (Å²) in [6.45, 7) is 5.75. The van der Waals surface area contributed by atoms with Crippen LogP contribution in [-0.2, 0) is 10.0 Å². The van der Waals surface area contributed by atoms with E-state index in [9.17, 15) is 13.2 Å². The molecule has 2 rings (SSSR count). The Morgan fingerprint density at radius 3 is 2.29 bits per heavy atom. The van der Waals surface area contributed by atoms with Crippen LogP contribution in [0.25, 0.3) is 0 Å². The molecule has 0 unspecified atom stereocenters. The summed E-state index contributed by atoms with van der Waals surface area (Å²) in [4.78, 5) is 12.5. The second kappa shape index (κ2) is 7.15. The zero-order valence-corrected chi connectivity index (χ0v) is 14.9. The molecule has 0 aliphatic rings. The lowest BCUT2D eigenvalue weighted by atomic mass is 10.0. The van der Waals surface area contributed by atoms with E-state index in [1.165, 1.54) is 12.1 Å². The predicted octanol–water partition coefficient (Wildman–Crippen LogP) is 2.83. The van der Waals surface area contributed by atoms with E-state index >= 15 is 0 Å². The molecule has 0 bridgehead atoms. The monoisotopic (exact) mass is 346 g/mol. The summed E-state index contributed by atoms with van der Waals surface area (Å²) in [6, 6.07) is 12.1. The number of sulfonamides is 1. The summed E-state index contributed by atoms with van der Waals surface area (Å²) in [5, 5.41) is 8.11. The van der Waals surface area contributed by atoms with Crippen molar-refractivity contribution in [1.29, 1.82) is 0 Å². The molecule has 0 saturated carbocycles. The number of carbonyl (C=O) groups excluding carboxylic acids is 1. The van der Waals surface area contributed by atoms with Crippen LogP contribution < -0.4 is 10.5 Å². The Labute approximate surface area is 142 Å². The number of aryl methyl sites for hydroxylation is 2. The number of carbonyl (C=O) groups is 1. The van der Waals surface area contributed by atoms with Crippen molar-refractivity contribution < 1.29 is 13.2 Å². The minimum absolute atomic E-state index is 0.0679. The van der Waals surface area contributed by atoms with E-state index in [4.69, 9.17) is 5.14 Å². The van der Waals surface area contributed by atoms with Crippen LogP contribution in [0.4, 0.5) is 0 Å². The molecular weight excluding hydrogens is 324 g/mol. The number of nitrogens with two attached hydrogens (primary N) is 1. The highest BCUT2D eigenvalue weighted by Crippen LogP contribution is 2.20. The van der Waals surface area contributed by atoms with Crippen LogP contribution in [0.15, 0.2) is 47.4 Å². The van der Waals surface area contributed by atoms with Gasteiger partial charge in [0.2, 0.25) is 10.0 Å². The van der Waals surface area contributed by atoms with Gasteiger partial charge in [0.05, 0.1) is 10.9 Å². The van der Waals surface area contributed by atoms with Crippen molar-refractivity contribution in [2.45, 2.75) is 38.1 Å². The maximum absolute atomic E-state index is 12.6. The van der Waals surface area contributed by atoms with E-state index < -0.39 is 10.0 Å². The van der Waals surface area contributed by atoms with Gasteiger partial charge in [0.15, 0.2) is 0 Å². The maximum atomic E-state index is 12.6. The first-order valence-corrected chi connectivity index (χ1v) is 9.28. The van der Waals surface area contributed by atoms with E-state index in [2.05, 4.69) is 5.32 Å². The molecular formula is C18H22N2O3S. The van der Waals surface area contributed by atoms with Crippen LogP contribution in [0.3, 0.4) is 0 Å². The van der Waals surface area contributed by atoms with Crippen molar-refractivity contribution in [2.75, 3.05) is 0 Å². The molecule has 1 amide bonds. The largest absolute Gasteiger partial charge is 0.345 e. The van der Waals surface area contributed by atoms with Crippen molar-refractivity contribution in [1.82, 2.24) is 5.32 Å². The molecule has 24 heavy (non-hydrogen) atoms. The minimum atomic E-state index is -3.85. The first-order valence-electron chi connectivity index (χ1n) is 7.73. The van der Waals surface area contributed by atoms with Gasteiger partial charge in [0, 0.05) is 5.56 Å². The first kappa shape index (κ1) is 18.2. The molecule has 2 aromatic rings. The highest BCUT2D eigenvalue weighted by atomic mass is 32.2. The molecule has 0 radical (unpaired) electrons. The number of nitrogens with one attached hydrogen (secondary N) is 1. The van der Waals surface area contributed by atoms with E-state index in [-0.39, 0.29) is 16.8 Å². The Balaban J connectivity index is 2.29. The van der Waals surface area contributed by atoms with Gasteiger partial charge >= 0.3 is 0 Å². The Morgan fingerprint density at radius 2 is 1.75 bits per heavy atom. The average molecular weight is 346 g/mol. The highest BCUT2D eigenvalue weighted by molar-refractivity contribution is 7.89. The van der Waals surface area contributed by atoms with Gasteiger partial charge < -0.3 is 5.32 Å². The molecule has 0 aliphatic heterocycles. The van der Waals surface area contributed by atoms with Crippen molar-refractivity contribution in [3.05, 3.63) is 64.7 Å². The summed E-state index contributed by atoms with van der Waals surface area (Å²) in [5.74, 6) is -0.314. The molecule has 2 aromatic carbocycles. The number of hydrogen-bond acceptors (Lipinski definition) is 3. The van der Waals surface area contributed by atoms with Gasteiger partial charge in [-0.1, -0.05) is 42.8 Å². The molecule has 0 aliphatic carbocycles. The fourth-order valence-electron chi connectivity index (χ4n) is 2.48. The summed E-state index contributed by atoms with van der Waals surface area (Å²) < 4.78 is 23.0. The molecule has 3 N–H and O–H groups in total. The molecule has 0 saturated heterocycles. The summed E-state index contributed by atoms with van der Waals surface area (Å²) in [6.07, 6.45) is 0.725. The van der Waals surface area contributed by atoms with Crippen LogP contribution in [0, 0.1) is 13.8 Å². The lowest BCUT2D eigenvalue weighted by molar-refractivity contribution is 0.0934. The Bertz CT molecular complexity index is 843. The molecule has 0 heterocycles. The van der Waals surface area contributed by atoms with E-state index in [0.717, 1.165) is 17.5 Å². The topological polar surface area (TPSA) is 89.3 Å². The molecule has 0 fully saturated rings. The quantitative estimate of drug-likeness (QED) is 0.872. The second-order valence-corrected chi connectivity index (χ2v) is 7.43. The number of hydrogen-bond donors (Lipinski definition) is 2. The molecule has 0 aromatic heterocycles. The van der Waals surface area contributed by atoms with Crippen molar-refractivity contribution in [3.63, 3.8) is 0 Å². The van der Waals surface area contributed by atoms with E-state index in [1.807, 2.05) is 38.1 Å². The zero-order valence-electron chi connectivity index (χ0n) is 14.0. The third-order valence-electron chi connectivity index (χ3n) is 3.98. The van der Waals surface area contributed by atoms with Crippen LogP contribution in [0.5, 0.6) is 0 Å². The van der Waals surface area contributed by atoms with Gasteiger partial charge in [-0.15, -0.1) is 0 Å². The minimum Gasteiger partial charge on any atom is -0.345 e. The van der Waals surface area contributed by atoms with Crippen LogP contribution in [-0.4, -0.2) is 14.3 Å². The fourth-order valence-corrected chi connectivity index (χ4v) is 3.02. The van der Waals surface area contributed by atoms with Crippen molar-refractivity contribution in [3.8, 4) is 0 Å². The molecule has 0 spiro atoms. The fraction of sp³-hybridized carbons (Fsp3) is 0.278. The summed E-state index contributed by atoms with van der Waals surface area (Å²) in [5.41, 5.74) is 3.17. The van der Waals surface area contributed by atoms with E-state index in [1.54, 1.807) is 13.0 Å². The third-order valence-corrected chi connectivity index (χ3v) is 4.89. The predicted molar refractivity (Wildman–Crippen MR) is 94.2 cm³/mol. The maximum Gasteiger partial charge on any atom is 0.252 e. The normalized spacial score (nSPS) is 12.7. The molecule has 5 nitrogen and oxygen atoms in total. The number of rotatable bonds is 5. The second-order valence-electron chi connectivity index (χ2n) is 5.87. The third kappa shape index (κ3) is 4.21. The average Bonchev–Trinajstić information content (AvgIpc) is 2.52. The van der Waals surface area contributed by atoms with E-state index in [0.29, 0.717) is 11.1 Å². The van der Waals surface area contributed by atoms with Crippen molar-refractivity contribution in [2.24, 2.45) is 5.14 Å². The van der Waals surface area contributed by atoms with Gasteiger partial charge in [0.25, 0.3) is 5.91 Å². The van der Waals surface area contributed by atoms with Gasteiger partial charge in [-0.05, 0) is 43.5 Å². The van der Waals surface area contributed by atoms with Gasteiger partial charge in [-0.25, -0.2) is 13.6 Å². The van der Waals surface area contributed by atoms with Gasteiger partial charge in [0.1, 0.15) is 0 Å². The Morgan fingerprint density at radius 1 is 1.12 bits per heavy atom. The number of amides is 1. The zero-order chi connectivity index (χ0) is 17.9. The molecule has 6 heteroatoms. The summed E-state index contributed by atoms with van der Waals surface area (Å²) >= 11 is 0. The van der Waals surface area contributed by atoms with Crippen LogP contribution in [0.1, 0.15) is 46.4 Å². The lowest BCUT2D eigenvalue weighted by Crippen LogP contribution is -2.29. The Hall–Kier alpha value is -2.18. The smallest absolute Gasteiger partial charge is 0.252 e. The number of primary sulfonamides is 1. The van der Waals surface area contributed by atoms with Gasteiger partial charge in [-0.2, -0.15) is 0 Å². The summed E-state index contributed by atoms with van der Waals surface area (Å²) in [7, 11) is -3.85. The van der Waals surface area contributed by atoms with Crippen molar-refractivity contribution >= 4 is 15.9 Å². The SMILES string of the molecule is CC[C@H](NC(=O)c1cc(S(N)(=O)=O)ccc1C)c1ccc(C)cc1. The first-order chi connectivity index (χ1) is 11.2. The van der Waals surface area contributed by atoms with Crippen LogP contribution >= 0.6 is 0 Å².